The highest BCUT2D eigenvalue weighted by molar-refractivity contribution is 6.42. The van der Waals surface area contributed by atoms with Gasteiger partial charge in [-0.2, -0.15) is 0 Å². The van der Waals surface area contributed by atoms with Crippen LogP contribution in [0.3, 0.4) is 0 Å². The number of hydrogen-bond acceptors (Lipinski definition) is 2. The number of urea groups is 1. The van der Waals surface area contributed by atoms with Gasteiger partial charge in [-0.1, -0.05) is 23.2 Å². The zero-order valence-corrected chi connectivity index (χ0v) is 14.5. The fourth-order valence-corrected chi connectivity index (χ4v) is 2.16. The number of benzene rings is 2. The summed E-state index contributed by atoms with van der Waals surface area (Å²) in [5.41, 5.74) is 0.223. The van der Waals surface area contributed by atoms with Crippen molar-refractivity contribution in [2.75, 3.05) is 24.2 Å². The van der Waals surface area contributed by atoms with E-state index in [0.29, 0.717) is 16.8 Å². The minimum atomic E-state index is -0.915. The maximum absolute atomic E-state index is 13.5. The van der Waals surface area contributed by atoms with Crippen LogP contribution in [0.2, 0.25) is 10.0 Å². The highest BCUT2D eigenvalue weighted by Gasteiger charge is 2.15. The van der Waals surface area contributed by atoms with E-state index in [4.69, 9.17) is 23.2 Å². The van der Waals surface area contributed by atoms with E-state index in [1.165, 1.54) is 19.2 Å². The van der Waals surface area contributed by atoms with Crippen molar-refractivity contribution in [3.63, 3.8) is 0 Å². The molecule has 3 amide bonds. The quantitative estimate of drug-likeness (QED) is 0.817. The van der Waals surface area contributed by atoms with Gasteiger partial charge in [0, 0.05) is 18.8 Å². The molecule has 2 rings (SSSR count). The molecular weight excluding hydrogens is 375 g/mol. The minimum Gasteiger partial charge on any atom is -0.324 e. The lowest BCUT2D eigenvalue weighted by Gasteiger charge is -2.18. The van der Waals surface area contributed by atoms with Crippen molar-refractivity contribution < 1.29 is 18.4 Å². The van der Waals surface area contributed by atoms with Gasteiger partial charge in [-0.25, -0.2) is 13.6 Å². The molecule has 0 radical (unpaired) electrons. The van der Waals surface area contributed by atoms with E-state index >= 15 is 0 Å². The lowest BCUT2D eigenvalue weighted by molar-refractivity contribution is -0.116. The first-order valence-corrected chi connectivity index (χ1v) is 7.74. The predicted molar refractivity (Wildman–Crippen MR) is 93.1 cm³/mol. The van der Waals surface area contributed by atoms with Gasteiger partial charge < -0.3 is 15.5 Å². The number of carbonyl (C=O) groups excluding carboxylic acids is 2. The van der Waals surface area contributed by atoms with Gasteiger partial charge in [-0.15, -0.1) is 0 Å². The summed E-state index contributed by atoms with van der Waals surface area (Å²) in [7, 11) is 1.35. The molecule has 0 bridgehead atoms. The van der Waals surface area contributed by atoms with Crippen molar-refractivity contribution in [3.05, 3.63) is 58.1 Å². The predicted octanol–water partition coefficient (Wildman–Crippen LogP) is 4.37. The molecule has 0 aromatic heterocycles. The molecule has 9 heteroatoms. The second kappa shape index (κ2) is 8.13. The van der Waals surface area contributed by atoms with Crippen LogP contribution in [0.15, 0.2) is 36.4 Å². The number of halogens is 4. The first-order valence-electron chi connectivity index (χ1n) is 6.98. The normalized spacial score (nSPS) is 10.3. The van der Waals surface area contributed by atoms with Crippen LogP contribution in [-0.2, 0) is 4.79 Å². The number of carbonyl (C=O) groups is 2. The molecule has 0 unspecified atom stereocenters. The van der Waals surface area contributed by atoms with Crippen LogP contribution in [0.5, 0.6) is 0 Å². The summed E-state index contributed by atoms with van der Waals surface area (Å²) < 4.78 is 26.4. The average Bonchev–Trinajstić information content (AvgIpc) is 2.53. The third kappa shape index (κ3) is 5.30. The molecule has 0 saturated carbocycles. The summed E-state index contributed by atoms with van der Waals surface area (Å²) in [4.78, 5) is 25.0. The third-order valence-corrected chi connectivity index (χ3v) is 3.84. The highest BCUT2D eigenvalue weighted by Crippen LogP contribution is 2.25. The zero-order valence-electron chi connectivity index (χ0n) is 12.9. The van der Waals surface area contributed by atoms with Gasteiger partial charge in [-0.3, -0.25) is 4.79 Å². The lowest BCUT2D eigenvalue weighted by Crippen LogP contribution is -2.37. The van der Waals surface area contributed by atoms with Crippen molar-refractivity contribution in [1.29, 1.82) is 0 Å². The van der Waals surface area contributed by atoms with Crippen molar-refractivity contribution in [2.24, 2.45) is 0 Å². The van der Waals surface area contributed by atoms with Crippen LogP contribution in [0.25, 0.3) is 0 Å². The van der Waals surface area contributed by atoms with Crippen LogP contribution in [0.1, 0.15) is 0 Å². The van der Waals surface area contributed by atoms with Crippen molar-refractivity contribution in [1.82, 2.24) is 4.90 Å². The Morgan fingerprint density at radius 3 is 2.40 bits per heavy atom. The first-order chi connectivity index (χ1) is 11.8. The Bertz CT molecular complexity index is 818. The summed E-state index contributed by atoms with van der Waals surface area (Å²) in [6.07, 6.45) is 0. The van der Waals surface area contributed by atoms with Gasteiger partial charge >= 0.3 is 6.03 Å². The maximum atomic E-state index is 13.5. The summed E-state index contributed by atoms with van der Waals surface area (Å²) in [5.74, 6) is -2.16. The van der Waals surface area contributed by atoms with E-state index in [2.05, 4.69) is 10.6 Å². The number of rotatable bonds is 4. The summed E-state index contributed by atoms with van der Waals surface area (Å²) in [6, 6.07) is 6.56. The second-order valence-electron chi connectivity index (χ2n) is 5.09. The van der Waals surface area contributed by atoms with Crippen molar-refractivity contribution >= 4 is 46.5 Å². The third-order valence-electron chi connectivity index (χ3n) is 3.10. The zero-order chi connectivity index (χ0) is 18.6. The average molecular weight is 388 g/mol. The molecule has 0 aliphatic heterocycles. The Labute approximate surface area is 152 Å². The van der Waals surface area contributed by atoms with Crippen LogP contribution < -0.4 is 10.6 Å². The number of anilines is 2. The fraction of sp³-hybridized carbons (Fsp3) is 0.125. The summed E-state index contributed by atoms with van der Waals surface area (Å²) in [5, 5.41) is 5.42. The van der Waals surface area contributed by atoms with Crippen molar-refractivity contribution in [3.8, 4) is 0 Å². The number of likely N-dealkylation sites (N-methyl/N-ethyl adjacent to an activating group) is 1. The van der Waals surface area contributed by atoms with Gasteiger partial charge in [0.15, 0.2) is 0 Å². The molecule has 0 spiro atoms. The van der Waals surface area contributed by atoms with Crippen LogP contribution >= 0.6 is 23.2 Å². The molecule has 0 atom stereocenters. The summed E-state index contributed by atoms with van der Waals surface area (Å²) in [6.45, 7) is -0.297. The van der Waals surface area contributed by atoms with Gasteiger partial charge in [-0.05, 0) is 30.3 Å². The number of hydrogen-bond donors (Lipinski definition) is 2. The van der Waals surface area contributed by atoms with Gasteiger partial charge in [0.2, 0.25) is 5.91 Å². The van der Waals surface area contributed by atoms with Crippen LogP contribution in [0, 0.1) is 11.6 Å². The molecule has 0 fully saturated rings. The minimum absolute atomic E-state index is 0.192. The van der Waals surface area contributed by atoms with E-state index in [1.807, 2.05) is 0 Å². The first kappa shape index (κ1) is 19.0. The summed E-state index contributed by atoms with van der Waals surface area (Å²) >= 11 is 11.6. The molecule has 25 heavy (non-hydrogen) atoms. The standard InChI is InChI=1S/C16H13Cl2F2N3O2/c1-23(16(25)22-14-5-2-9(19)6-13(14)20)8-15(24)21-10-3-4-11(17)12(18)7-10/h2-7H,8H2,1H3,(H,21,24)(H,22,25). The lowest BCUT2D eigenvalue weighted by atomic mass is 10.3. The second-order valence-corrected chi connectivity index (χ2v) is 5.90. The van der Waals surface area contributed by atoms with Gasteiger partial charge in [0.25, 0.3) is 0 Å². The number of amides is 3. The Kier molecular flexibility index (Phi) is 6.17. The molecule has 132 valence electrons. The van der Waals surface area contributed by atoms with Crippen molar-refractivity contribution in [2.45, 2.75) is 0 Å². The largest absolute Gasteiger partial charge is 0.324 e. The number of nitrogens with zero attached hydrogens (tertiary/aromatic N) is 1. The molecule has 0 saturated heterocycles. The Hall–Kier alpha value is -2.38. The molecular formula is C16H13Cl2F2N3O2. The fourth-order valence-electron chi connectivity index (χ4n) is 1.86. The van der Waals surface area contributed by atoms with Gasteiger partial charge in [0.1, 0.15) is 18.2 Å². The molecule has 2 aromatic rings. The Morgan fingerprint density at radius 1 is 1.04 bits per heavy atom. The Morgan fingerprint density at radius 2 is 1.76 bits per heavy atom. The highest BCUT2D eigenvalue weighted by atomic mass is 35.5. The smallest absolute Gasteiger partial charge is 0.322 e. The van der Waals surface area contributed by atoms with Crippen LogP contribution in [0.4, 0.5) is 25.0 Å². The SMILES string of the molecule is CN(CC(=O)Nc1ccc(Cl)c(Cl)c1)C(=O)Nc1ccc(F)cc1F. The van der Waals surface area contributed by atoms with E-state index in [0.717, 1.165) is 17.0 Å². The molecule has 0 aliphatic rings. The maximum Gasteiger partial charge on any atom is 0.322 e. The van der Waals surface area contributed by atoms with E-state index in [1.54, 1.807) is 6.07 Å². The number of nitrogens with one attached hydrogen (secondary N) is 2. The van der Waals surface area contributed by atoms with E-state index in [-0.39, 0.29) is 17.3 Å². The topological polar surface area (TPSA) is 61.4 Å². The molecule has 0 heterocycles. The monoisotopic (exact) mass is 387 g/mol. The van der Waals surface area contributed by atoms with Gasteiger partial charge in [0.05, 0.1) is 15.7 Å². The molecule has 2 aromatic carbocycles. The molecule has 5 nitrogen and oxygen atoms in total. The molecule has 0 aliphatic carbocycles. The van der Waals surface area contributed by atoms with E-state index in [9.17, 15) is 18.4 Å². The molecule has 2 N–H and O–H groups in total. The van der Waals surface area contributed by atoms with E-state index < -0.39 is 23.6 Å². The van der Waals surface area contributed by atoms with Crippen LogP contribution in [-0.4, -0.2) is 30.4 Å². The Balaban J connectivity index is 1.93.